The van der Waals surface area contributed by atoms with E-state index in [1.165, 1.54) is 12.1 Å². The van der Waals surface area contributed by atoms with Gasteiger partial charge in [0.05, 0.1) is 6.54 Å². The zero-order valence-corrected chi connectivity index (χ0v) is 15.2. The number of benzene rings is 1. The summed E-state index contributed by atoms with van der Waals surface area (Å²) in [5, 5.41) is 9.48. The zero-order chi connectivity index (χ0) is 18.2. The molecule has 0 spiro atoms. The molecule has 0 amide bonds. The Bertz CT molecular complexity index is 740. The van der Waals surface area contributed by atoms with Gasteiger partial charge in [0, 0.05) is 17.9 Å². The maximum absolute atomic E-state index is 13.0. The Labute approximate surface area is 152 Å². The summed E-state index contributed by atoms with van der Waals surface area (Å²) >= 11 is 5.21. The number of nitrogens with zero attached hydrogens (tertiary/aromatic N) is 3. The van der Waals surface area contributed by atoms with Gasteiger partial charge in [-0.05, 0) is 56.8 Å². The molecule has 132 valence electrons. The van der Waals surface area contributed by atoms with E-state index >= 15 is 0 Å². The van der Waals surface area contributed by atoms with Gasteiger partial charge < -0.3 is 10.6 Å². The third kappa shape index (κ3) is 6.42. The number of thiocarbonyl (C=S) groups is 1. The summed E-state index contributed by atoms with van der Waals surface area (Å²) < 4.78 is 13.0. The molecule has 0 aliphatic carbocycles. The molecule has 0 atom stereocenters. The molecule has 6 nitrogen and oxygen atoms in total. The fraction of sp³-hybridized carbons (Fsp3) is 0.294. The molecular formula is C17H21FN6S. The van der Waals surface area contributed by atoms with Gasteiger partial charge in [0.15, 0.2) is 5.11 Å². The number of rotatable bonds is 4. The van der Waals surface area contributed by atoms with Crippen molar-refractivity contribution in [3.63, 3.8) is 0 Å². The number of anilines is 1. The second kappa shape index (κ2) is 9.03. The summed E-state index contributed by atoms with van der Waals surface area (Å²) in [5.74, 6) is 0.573. The summed E-state index contributed by atoms with van der Waals surface area (Å²) in [6.07, 6.45) is 0. The number of aryl methyl sites for hydroxylation is 2. The molecule has 0 aliphatic heterocycles. The highest BCUT2D eigenvalue weighted by Gasteiger charge is 2.06. The first kappa shape index (κ1) is 18.7. The van der Waals surface area contributed by atoms with Crippen LogP contribution in [0.25, 0.3) is 0 Å². The van der Waals surface area contributed by atoms with Gasteiger partial charge in [-0.15, -0.1) is 0 Å². The molecule has 0 fully saturated rings. The van der Waals surface area contributed by atoms with Gasteiger partial charge in [-0.25, -0.2) is 19.4 Å². The average Bonchev–Trinajstić information content (AvgIpc) is 2.53. The highest BCUT2D eigenvalue weighted by atomic mass is 32.1. The Kier molecular flexibility index (Phi) is 6.76. The standard InChI is InChI=1S/C17H21FN6S/c1-4-19-17(25)24-15(20-10-13-5-7-14(18)8-6-13)23-16-21-11(2)9-12(3)22-16/h5-9H,4,10H2,1-3H3,(H3,19,20,21,22,23,24,25). The van der Waals surface area contributed by atoms with E-state index in [0.717, 1.165) is 17.0 Å². The molecule has 0 unspecified atom stereocenters. The van der Waals surface area contributed by atoms with Gasteiger partial charge in [0.2, 0.25) is 11.9 Å². The second-order valence-corrected chi connectivity index (χ2v) is 5.78. The highest BCUT2D eigenvalue weighted by molar-refractivity contribution is 7.80. The van der Waals surface area contributed by atoms with Crippen molar-refractivity contribution in [3.8, 4) is 0 Å². The fourth-order valence-corrected chi connectivity index (χ4v) is 2.31. The lowest BCUT2D eigenvalue weighted by Gasteiger charge is -2.13. The predicted molar refractivity (Wildman–Crippen MR) is 102 cm³/mol. The molecule has 1 aromatic carbocycles. The molecular weight excluding hydrogens is 339 g/mol. The quantitative estimate of drug-likeness (QED) is 0.442. The summed E-state index contributed by atoms with van der Waals surface area (Å²) in [6.45, 7) is 6.79. The molecule has 0 aliphatic rings. The Morgan fingerprint density at radius 1 is 1.16 bits per heavy atom. The number of guanidine groups is 1. The third-order valence-electron chi connectivity index (χ3n) is 3.11. The number of hydrogen-bond donors (Lipinski definition) is 3. The van der Waals surface area contributed by atoms with Crippen LogP contribution in [0.4, 0.5) is 10.3 Å². The summed E-state index contributed by atoms with van der Waals surface area (Å²) in [6, 6.07) is 8.07. The molecule has 2 rings (SSSR count). The van der Waals surface area contributed by atoms with E-state index < -0.39 is 0 Å². The predicted octanol–water partition coefficient (Wildman–Crippen LogP) is 2.68. The Hall–Kier alpha value is -2.61. The lowest BCUT2D eigenvalue weighted by atomic mass is 10.2. The monoisotopic (exact) mass is 360 g/mol. The topological polar surface area (TPSA) is 74.2 Å². The van der Waals surface area contributed by atoms with Crippen LogP contribution in [0.1, 0.15) is 23.9 Å². The van der Waals surface area contributed by atoms with Crippen molar-refractivity contribution < 1.29 is 4.39 Å². The first-order valence-corrected chi connectivity index (χ1v) is 8.30. The number of halogens is 1. The van der Waals surface area contributed by atoms with E-state index in [1.807, 2.05) is 26.8 Å². The lowest BCUT2D eigenvalue weighted by Crippen LogP contribution is -2.42. The van der Waals surface area contributed by atoms with Gasteiger partial charge >= 0.3 is 0 Å². The van der Waals surface area contributed by atoms with Crippen molar-refractivity contribution >= 4 is 29.2 Å². The van der Waals surface area contributed by atoms with E-state index in [1.54, 1.807) is 12.1 Å². The largest absolute Gasteiger partial charge is 0.363 e. The van der Waals surface area contributed by atoms with E-state index in [9.17, 15) is 4.39 Å². The third-order valence-corrected chi connectivity index (χ3v) is 3.36. The van der Waals surface area contributed by atoms with Gasteiger partial charge in [0.1, 0.15) is 5.82 Å². The Morgan fingerprint density at radius 2 is 1.80 bits per heavy atom. The van der Waals surface area contributed by atoms with Crippen LogP contribution in [0.15, 0.2) is 35.3 Å². The zero-order valence-electron chi connectivity index (χ0n) is 14.4. The minimum atomic E-state index is -0.277. The second-order valence-electron chi connectivity index (χ2n) is 5.38. The van der Waals surface area contributed by atoms with E-state index in [-0.39, 0.29) is 5.82 Å². The molecule has 2 aromatic rings. The molecule has 8 heteroatoms. The summed E-state index contributed by atoms with van der Waals surface area (Å²) in [7, 11) is 0. The van der Waals surface area contributed by atoms with Crippen LogP contribution < -0.4 is 16.0 Å². The lowest BCUT2D eigenvalue weighted by molar-refractivity contribution is 0.627. The van der Waals surface area contributed by atoms with Crippen LogP contribution in [-0.2, 0) is 6.54 Å². The maximum atomic E-state index is 13.0. The van der Waals surface area contributed by atoms with Crippen molar-refractivity contribution in [2.24, 2.45) is 4.99 Å². The first-order chi connectivity index (χ1) is 12.0. The molecule has 0 bridgehead atoms. The Balaban J connectivity index is 2.17. The van der Waals surface area contributed by atoms with Crippen LogP contribution in [0, 0.1) is 19.7 Å². The molecule has 3 N–H and O–H groups in total. The van der Waals surface area contributed by atoms with Crippen LogP contribution in [0.3, 0.4) is 0 Å². The molecule has 1 aromatic heterocycles. The molecule has 0 saturated heterocycles. The van der Waals surface area contributed by atoms with E-state index in [2.05, 4.69) is 30.9 Å². The molecule has 0 radical (unpaired) electrons. The van der Waals surface area contributed by atoms with Crippen molar-refractivity contribution in [2.75, 3.05) is 11.9 Å². The SMILES string of the molecule is CCNC(=S)NC(=NCc1ccc(F)cc1)Nc1nc(C)cc(C)n1. The van der Waals surface area contributed by atoms with Crippen molar-refractivity contribution in [1.29, 1.82) is 0 Å². The van der Waals surface area contributed by atoms with Crippen LogP contribution >= 0.6 is 12.2 Å². The minimum Gasteiger partial charge on any atom is -0.363 e. The fourth-order valence-electron chi connectivity index (χ4n) is 2.07. The number of aliphatic imine (C=N–C) groups is 1. The average molecular weight is 360 g/mol. The van der Waals surface area contributed by atoms with Crippen LogP contribution in [0.5, 0.6) is 0 Å². The maximum Gasteiger partial charge on any atom is 0.229 e. The van der Waals surface area contributed by atoms with Crippen LogP contribution in [0.2, 0.25) is 0 Å². The van der Waals surface area contributed by atoms with Gasteiger partial charge in [0.25, 0.3) is 0 Å². The number of nitrogens with one attached hydrogen (secondary N) is 3. The van der Waals surface area contributed by atoms with Crippen LogP contribution in [-0.4, -0.2) is 27.6 Å². The number of aromatic nitrogens is 2. The van der Waals surface area contributed by atoms with Crippen molar-refractivity contribution in [2.45, 2.75) is 27.3 Å². The molecule has 1 heterocycles. The number of hydrogen-bond acceptors (Lipinski definition) is 4. The smallest absolute Gasteiger partial charge is 0.229 e. The highest BCUT2D eigenvalue weighted by Crippen LogP contribution is 2.06. The van der Waals surface area contributed by atoms with E-state index in [0.29, 0.717) is 30.1 Å². The van der Waals surface area contributed by atoms with Crippen molar-refractivity contribution in [3.05, 3.63) is 53.1 Å². The minimum absolute atomic E-state index is 0.277. The van der Waals surface area contributed by atoms with Gasteiger partial charge in [-0.1, -0.05) is 12.1 Å². The van der Waals surface area contributed by atoms with E-state index in [4.69, 9.17) is 12.2 Å². The summed E-state index contributed by atoms with van der Waals surface area (Å²) in [5.41, 5.74) is 2.57. The summed E-state index contributed by atoms with van der Waals surface area (Å²) in [4.78, 5) is 13.1. The molecule has 25 heavy (non-hydrogen) atoms. The van der Waals surface area contributed by atoms with Gasteiger partial charge in [-0.3, -0.25) is 5.32 Å². The van der Waals surface area contributed by atoms with Crippen molar-refractivity contribution in [1.82, 2.24) is 20.6 Å². The Morgan fingerprint density at radius 3 is 2.40 bits per heavy atom. The molecule has 0 saturated carbocycles. The normalized spacial score (nSPS) is 11.1. The van der Waals surface area contributed by atoms with Gasteiger partial charge in [-0.2, -0.15) is 0 Å². The first-order valence-electron chi connectivity index (χ1n) is 7.89.